The maximum atomic E-state index is 6.16. The lowest BCUT2D eigenvalue weighted by Crippen LogP contribution is -2.49. The van der Waals surface area contributed by atoms with Crippen LogP contribution in [-0.4, -0.2) is 19.8 Å². The summed E-state index contributed by atoms with van der Waals surface area (Å²) in [6.07, 6.45) is 5.07. The Hall–Kier alpha value is -0.795. The Morgan fingerprint density at radius 2 is 1.83 bits per heavy atom. The van der Waals surface area contributed by atoms with Crippen LogP contribution in [-0.2, 0) is 9.31 Å². The Balaban J connectivity index is 2.01. The van der Waals surface area contributed by atoms with Crippen molar-refractivity contribution in [3.8, 4) is 0 Å². The molecule has 1 aromatic rings. The van der Waals surface area contributed by atoms with Gasteiger partial charge in [0.05, 0.1) is 0 Å². The summed E-state index contributed by atoms with van der Waals surface area (Å²) >= 11 is 0. The van der Waals surface area contributed by atoms with Crippen molar-refractivity contribution in [2.24, 2.45) is 5.92 Å². The summed E-state index contributed by atoms with van der Waals surface area (Å²) in [6, 6.07) is 10.3. The second-order valence-corrected chi connectivity index (χ2v) is 5.09. The second kappa shape index (κ2) is 6.96. The van der Waals surface area contributed by atoms with E-state index in [0.717, 1.165) is 18.5 Å². The molecule has 0 saturated carbocycles. The quantitative estimate of drug-likeness (QED) is 0.743. The first-order valence-corrected chi connectivity index (χ1v) is 7.17. The van der Waals surface area contributed by atoms with Gasteiger partial charge in [-0.3, -0.25) is 0 Å². The van der Waals surface area contributed by atoms with Crippen LogP contribution in [0, 0.1) is 5.92 Å². The highest BCUT2D eigenvalue weighted by Gasteiger charge is 2.35. The topological polar surface area (TPSA) is 18.5 Å². The van der Waals surface area contributed by atoms with Crippen molar-refractivity contribution in [1.29, 1.82) is 0 Å². The van der Waals surface area contributed by atoms with Crippen molar-refractivity contribution < 1.29 is 9.31 Å². The molecule has 2 atom stereocenters. The highest BCUT2D eigenvalue weighted by atomic mass is 16.6. The Kier molecular flexibility index (Phi) is 5.27. The maximum absolute atomic E-state index is 6.16. The minimum Gasteiger partial charge on any atom is -0.407 e. The highest BCUT2D eigenvalue weighted by molar-refractivity contribution is 6.61. The van der Waals surface area contributed by atoms with Crippen LogP contribution in [0.25, 0.3) is 0 Å². The molecule has 0 N–H and O–H groups in total. The summed E-state index contributed by atoms with van der Waals surface area (Å²) in [7, 11) is -0.171. The fourth-order valence-corrected chi connectivity index (χ4v) is 2.64. The Morgan fingerprint density at radius 3 is 2.50 bits per heavy atom. The third kappa shape index (κ3) is 3.36. The monoisotopic (exact) mass is 246 g/mol. The first kappa shape index (κ1) is 13.6. The minimum absolute atomic E-state index is 0.171. The molecule has 3 heteroatoms. The van der Waals surface area contributed by atoms with Gasteiger partial charge >= 0.3 is 7.12 Å². The lowest BCUT2D eigenvalue weighted by Gasteiger charge is -2.35. The second-order valence-electron chi connectivity index (χ2n) is 5.09. The van der Waals surface area contributed by atoms with Crippen LogP contribution in [0.2, 0.25) is 0 Å². The molecular formula is C15H23BO2. The molecule has 1 saturated heterocycles. The molecule has 1 aromatic carbocycles. The molecule has 1 heterocycles. The van der Waals surface area contributed by atoms with Crippen LogP contribution in [0.15, 0.2) is 30.3 Å². The highest BCUT2D eigenvalue weighted by Crippen LogP contribution is 2.24. The summed E-state index contributed by atoms with van der Waals surface area (Å²) in [5.41, 5.74) is 1.13. The van der Waals surface area contributed by atoms with Crippen molar-refractivity contribution in [3.63, 3.8) is 0 Å². The zero-order chi connectivity index (χ0) is 12.8. The van der Waals surface area contributed by atoms with Crippen LogP contribution >= 0.6 is 0 Å². The van der Waals surface area contributed by atoms with Crippen molar-refractivity contribution in [2.45, 2.75) is 45.6 Å². The lowest BCUT2D eigenvalue weighted by molar-refractivity contribution is 0.00937. The molecule has 1 fully saturated rings. The van der Waals surface area contributed by atoms with E-state index in [-0.39, 0.29) is 7.12 Å². The smallest absolute Gasteiger partial charge is 0.407 e. The predicted octanol–water partition coefficient (Wildman–Crippen LogP) is 3.01. The van der Waals surface area contributed by atoms with Gasteiger partial charge in [-0.15, -0.1) is 0 Å². The number of rotatable bonds is 5. The van der Waals surface area contributed by atoms with Crippen molar-refractivity contribution in [1.82, 2.24) is 0 Å². The SMILES string of the molecule is CCC[C@H]1COB(c2ccccc2)O[C@H]1CCC. The van der Waals surface area contributed by atoms with E-state index in [1.165, 1.54) is 19.3 Å². The first-order valence-electron chi connectivity index (χ1n) is 7.17. The van der Waals surface area contributed by atoms with Crippen molar-refractivity contribution >= 4 is 12.6 Å². The molecule has 18 heavy (non-hydrogen) atoms. The van der Waals surface area contributed by atoms with Gasteiger partial charge in [-0.1, -0.05) is 57.0 Å². The summed E-state index contributed by atoms with van der Waals surface area (Å²) in [6.45, 7) is 5.28. The Bertz CT molecular complexity index is 342. The van der Waals surface area contributed by atoms with Gasteiger partial charge in [-0.2, -0.15) is 0 Å². The van der Waals surface area contributed by atoms with Gasteiger partial charge in [0.2, 0.25) is 0 Å². The largest absolute Gasteiger partial charge is 0.494 e. The van der Waals surface area contributed by atoms with E-state index >= 15 is 0 Å². The molecule has 0 amide bonds. The van der Waals surface area contributed by atoms with Crippen LogP contribution in [0.1, 0.15) is 39.5 Å². The maximum Gasteiger partial charge on any atom is 0.494 e. The molecule has 0 aromatic heterocycles. The molecule has 2 nitrogen and oxygen atoms in total. The zero-order valence-electron chi connectivity index (χ0n) is 11.5. The van der Waals surface area contributed by atoms with Crippen molar-refractivity contribution in [2.75, 3.05) is 6.61 Å². The van der Waals surface area contributed by atoms with E-state index in [4.69, 9.17) is 9.31 Å². The van der Waals surface area contributed by atoms with Gasteiger partial charge in [0, 0.05) is 18.6 Å². The molecule has 0 bridgehead atoms. The third-order valence-corrected chi connectivity index (χ3v) is 3.59. The molecule has 0 spiro atoms. The van der Waals surface area contributed by atoms with Gasteiger partial charge in [0.15, 0.2) is 0 Å². The summed E-state index contributed by atoms with van der Waals surface area (Å²) in [4.78, 5) is 0. The number of hydrogen-bond acceptors (Lipinski definition) is 2. The summed E-state index contributed by atoms with van der Waals surface area (Å²) in [5.74, 6) is 0.565. The van der Waals surface area contributed by atoms with Gasteiger partial charge in [-0.25, -0.2) is 0 Å². The Labute approximate surface area is 111 Å². The molecule has 98 valence electrons. The van der Waals surface area contributed by atoms with E-state index in [2.05, 4.69) is 26.0 Å². The molecule has 2 rings (SSSR count). The summed E-state index contributed by atoms with van der Waals surface area (Å²) in [5, 5.41) is 0. The third-order valence-electron chi connectivity index (χ3n) is 3.59. The van der Waals surface area contributed by atoms with E-state index in [9.17, 15) is 0 Å². The molecule has 1 aliphatic rings. The van der Waals surface area contributed by atoms with Gasteiger partial charge in [0.25, 0.3) is 0 Å². The average molecular weight is 246 g/mol. The fraction of sp³-hybridized carbons (Fsp3) is 0.600. The number of benzene rings is 1. The van der Waals surface area contributed by atoms with E-state index < -0.39 is 0 Å². The molecule has 0 unspecified atom stereocenters. The van der Waals surface area contributed by atoms with Gasteiger partial charge < -0.3 is 9.31 Å². The zero-order valence-corrected chi connectivity index (χ0v) is 11.5. The van der Waals surface area contributed by atoms with E-state index in [0.29, 0.717) is 12.0 Å². The Morgan fingerprint density at radius 1 is 1.11 bits per heavy atom. The van der Waals surface area contributed by atoms with Crippen LogP contribution in [0.4, 0.5) is 0 Å². The van der Waals surface area contributed by atoms with Crippen LogP contribution < -0.4 is 5.46 Å². The normalized spacial score (nSPS) is 24.2. The first-order chi connectivity index (χ1) is 8.85. The summed E-state index contributed by atoms with van der Waals surface area (Å²) < 4.78 is 12.0. The standard InChI is InChI=1S/C15H23BO2/c1-3-8-13-12-17-16(18-15(13)9-4-2)14-10-6-5-7-11-14/h5-7,10-11,13,15H,3-4,8-9,12H2,1-2H3/t13-,15-/m0/s1. The predicted molar refractivity (Wildman–Crippen MR) is 76.0 cm³/mol. The number of hydrogen-bond donors (Lipinski definition) is 0. The van der Waals surface area contributed by atoms with Crippen LogP contribution in [0.5, 0.6) is 0 Å². The van der Waals surface area contributed by atoms with Crippen molar-refractivity contribution in [3.05, 3.63) is 30.3 Å². The minimum atomic E-state index is -0.171. The fourth-order valence-electron chi connectivity index (χ4n) is 2.64. The van der Waals surface area contributed by atoms with Gasteiger partial charge in [-0.05, 0) is 18.3 Å². The van der Waals surface area contributed by atoms with E-state index in [1.807, 2.05) is 18.2 Å². The van der Waals surface area contributed by atoms with Gasteiger partial charge in [0.1, 0.15) is 0 Å². The average Bonchev–Trinajstić information content (AvgIpc) is 2.42. The lowest BCUT2D eigenvalue weighted by atomic mass is 9.75. The van der Waals surface area contributed by atoms with Crippen LogP contribution in [0.3, 0.4) is 0 Å². The molecule has 0 radical (unpaired) electrons. The molecule has 0 aliphatic carbocycles. The van der Waals surface area contributed by atoms with E-state index in [1.54, 1.807) is 0 Å². The molecular weight excluding hydrogens is 223 g/mol. The molecule has 1 aliphatic heterocycles.